The minimum absolute atomic E-state index is 0.0953. The summed E-state index contributed by atoms with van der Waals surface area (Å²) in [7, 11) is 0. The molecular formula is C24H22N2OS3. The summed E-state index contributed by atoms with van der Waals surface area (Å²) >= 11 is 5.34. The highest BCUT2D eigenvalue weighted by molar-refractivity contribution is 8.03. The number of aromatic nitrogens is 2. The van der Waals surface area contributed by atoms with Crippen LogP contribution < -0.4 is 5.56 Å². The van der Waals surface area contributed by atoms with Gasteiger partial charge in [0.1, 0.15) is 4.83 Å². The third kappa shape index (κ3) is 3.41. The molecule has 2 atom stereocenters. The Morgan fingerprint density at radius 2 is 1.77 bits per heavy atom. The number of thiophene rings is 1. The summed E-state index contributed by atoms with van der Waals surface area (Å²) in [6.07, 6.45) is 0. The molecule has 0 fully saturated rings. The summed E-state index contributed by atoms with van der Waals surface area (Å²) in [4.78, 5) is 20.8. The van der Waals surface area contributed by atoms with E-state index in [-0.39, 0.29) is 11.6 Å². The number of aryl methyl sites for hydroxylation is 3. The number of fused-ring (bicyclic) bond motifs is 3. The predicted molar refractivity (Wildman–Crippen MR) is 129 cm³/mol. The van der Waals surface area contributed by atoms with Gasteiger partial charge >= 0.3 is 0 Å². The van der Waals surface area contributed by atoms with Gasteiger partial charge in [0.25, 0.3) is 5.56 Å². The molecule has 0 aliphatic carbocycles. The number of thioether (sulfide) groups is 2. The summed E-state index contributed by atoms with van der Waals surface area (Å²) in [5.74, 6) is 0.916. The lowest BCUT2D eigenvalue weighted by molar-refractivity contribution is 0.526. The molecule has 152 valence electrons. The number of hydrogen-bond acceptors (Lipinski definition) is 5. The molecule has 1 aliphatic heterocycles. The number of hydrogen-bond donors (Lipinski definition) is 0. The van der Waals surface area contributed by atoms with E-state index in [0.29, 0.717) is 5.25 Å². The molecule has 0 unspecified atom stereocenters. The molecule has 0 spiro atoms. The summed E-state index contributed by atoms with van der Waals surface area (Å²) in [5, 5.41) is 1.95. The van der Waals surface area contributed by atoms with E-state index in [2.05, 4.69) is 78.0 Å². The summed E-state index contributed by atoms with van der Waals surface area (Å²) in [6, 6.07) is 19.5. The highest BCUT2D eigenvalue weighted by atomic mass is 32.2. The Kier molecular flexibility index (Phi) is 5.25. The second-order valence-electron chi connectivity index (χ2n) is 7.67. The zero-order valence-corrected chi connectivity index (χ0v) is 19.5. The standard InChI is InChI=1S/C24H22N2OS3/c1-14-9-11-18(12-10-14)30-19-13-28-24-25-22(27)20-15(2)16(3)29-23(20)26(24)21(19)17-7-5-4-6-8-17/h4-12,19,21H,13H2,1-3H3/t19-,21-/m0/s1. The van der Waals surface area contributed by atoms with Crippen molar-refractivity contribution in [1.82, 2.24) is 9.55 Å². The third-order valence-corrected chi connectivity index (χ3v) is 9.42. The van der Waals surface area contributed by atoms with Gasteiger partial charge in [0.2, 0.25) is 0 Å². The zero-order valence-electron chi connectivity index (χ0n) is 17.1. The first kappa shape index (κ1) is 19.9. The molecule has 0 saturated heterocycles. The van der Waals surface area contributed by atoms with E-state index in [0.717, 1.165) is 26.7 Å². The summed E-state index contributed by atoms with van der Waals surface area (Å²) in [6.45, 7) is 6.25. The summed E-state index contributed by atoms with van der Waals surface area (Å²) in [5.41, 5.74) is 3.50. The lowest BCUT2D eigenvalue weighted by Gasteiger charge is -2.35. The van der Waals surface area contributed by atoms with Crippen LogP contribution in [-0.4, -0.2) is 20.6 Å². The average molecular weight is 451 g/mol. The fraction of sp³-hybridized carbons (Fsp3) is 0.250. The topological polar surface area (TPSA) is 34.9 Å². The maximum atomic E-state index is 12.8. The molecule has 0 N–H and O–H groups in total. The van der Waals surface area contributed by atoms with E-state index < -0.39 is 0 Å². The molecule has 3 heterocycles. The van der Waals surface area contributed by atoms with Gasteiger partial charge in [0.05, 0.1) is 11.4 Å². The number of benzene rings is 2. The van der Waals surface area contributed by atoms with Crippen molar-refractivity contribution in [2.24, 2.45) is 0 Å². The highest BCUT2D eigenvalue weighted by Gasteiger charge is 2.34. The SMILES string of the molecule is Cc1ccc(S[C@H]2CSc3nc(=O)c4c(C)c(C)sc4n3[C@H]2c2ccccc2)cc1. The van der Waals surface area contributed by atoms with E-state index in [1.54, 1.807) is 23.1 Å². The van der Waals surface area contributed by atoms with Gasteiger partial charge in [-0.2, -0.15) is 4.98 Å². The smallest absolute Gasteiger partial charge is 0.282 e. The lowest BCUT2D eigenvalue weighted by Crippen LogP contribution is -2.32. The van der Waals surface area contributed by atoms with Crippen molar-refractivity contribution in [3.63, 3.8) is 0 Å². The maximum absolute atomic E-state index is 12.8. The Morgan fingerprint density at radius 3 is 2.50 bits per heavy atom. The van der Waals surface area contributed by atoms with Crippen molar-refractivity contribution in [2.75, 3.05) is 5.75 Å². The molecule has 0 bridgehead atoms. The normalized spacial score (nSPS) is 18.5. The molecule has 2 aromatic heterocycles. The van der Waals surface area contributed by atoms with Crippen LogP contribution in [0.2, 0.25) is 0 Å². The van der Waals surface area contributed by atoms with E-state index in [9.17, 15) is 4.79 Å². The lowest BCUT2D eigenvalue weighted by atomic mass is 10.0. The molecule has 30 heavy (non-hydrogen) atoms. The van der Waals surface area contributed by atoms with Crippen molar-refractivity contribution >= 4 is 45.1 Å². The first-order valence-electron chi connectivity index (χ1n) is 9.96. The van der Waals surface area contributed by atoms with Gasteiger partial charge in [0.15, 0.2) is 5.16 Å². The van der Waals surface area contributed by atoms with Crippen LogP contribution in [0.3, 0.4) is 0 Å². The minimum atomic E-state index is -0.0953. The van der Waals surface area contributed by atoms with Crippen molar-refractivity contribution in [1.29, 1.82) is 0 Å². The fourth-order valence-corrected chi connectivity index (χ4v) is 7.74. The van der Waals surface area contributed by atoms with Crippen LogP contribution in [0.4, 0.5) is 0 Å². The Labute approximate surface area is 188 Å². The first-order valence-corrected chi connectivity index (χ1v) is 12.6. The maximum Gasteiger partial charge on any atom is 0.282 e. The molecule has 3 nitrogen and oxygen atoms in total. The summed E-state index contributed by atoms with van der Waals surface area (Å²) < 4.78 is 2.33. The fourth-order valence-electron chi connectivity index (χ4n) is 3.98. The van der Waals surface area contributed by atoms with Crippen molar-refractivity contribution in [3.8, 4) is 0 Å². The van der Waals surface area contributed by atoms with Crippen LogP contribution in [0.15, 0.2) is 69.4 Å². The zero-order chi connectivity index (χ0) is 20.8. The van der Waals surface area contributed by atoms with Crippen LogP contribution in [0, 0.1) is 20.8 Å². The number of rotatable bonds is 3. The molecular weight excluding hydrogens is 428 g/mol. The molecule has 6 heteroatoms. The Bertz CT molecular complexity index is 1280. The van der Waals surface area contributed by atoms with Gasteiger partial charge in [0, 0.05) is 20.8 Å². The molecule has 0 saturated carbocycles. The number of nitrogens with zero attached hydrogens (tertiary/aromatic N) is 2. The second-order valence-corrected chi connectivity index (χ2v) is 11.2. The van der Waals surface area contributed by atoms with E-state index in [1.807, 2.05) is 18.7 Å². The molecule has 4 aromatic rings. The molecule has 1 aliphatic rings. The quantitative estimate of drug-likeness (QED) is 0.346. The largest absolute Gasteiger partial charge is 0.303 e. The predicted octanol–water partition coefficient (Wildman–Crippen LogP) is 6.24. The third-order valence-electron chi connectivity index (χ3n) is 5.66. The van der Waals surface area contributed by atoms with Crippen molar-refractivity contribution in [3.05, 3.63) is 86.5 Å². The molecule has 0 amide bonds. The van der Waals surface area contributed by atoms with Gasteiger partial charge in [-0.1, -0.05) is 59.8 Å². The van der Waals surface area contributed by atoms with Gasteiger partial charge in [-0.25, -0.2) is 0 Å². The second kappa shape index (κ2) is 7.91. The van der Waals surface area contributed by atoms with Crippen molar-refractivity contribution < 1.29 is 0 Å². The highest BCUT2D eigenvalue weighted by Crippen LogP contribution is 2.45. The van der Waals surface area contributed by atoms with E-state index >= 15 is 0 Å². The average Bonchev–Trinajstić information content (AvgIpc) is 3.05. The molecule has 0 radical (unpaired) electrons. The van der Waals surface area contributed by atoms with Crippen LogP contribution in [0.1, 0.15) is 27.6 Å². The monoisotopic (exact) mass is 450 g/mol. The Balaban J connectivity index is 1.70. The van der Waals surface area contributed by atoms with Gasteiger partial charge in [-0.3, -0.25) is 4.79 Å². The molecule has 2 aromatic carbocycles. The van der Waals surface area contributed by atoms with Crippen molar-refractivity contribution in [2.45, 2.75) is 42.1 Å². The van der Waals surface area contributed by atoms with Crippen LogP contribution in [-0.2, 0) is 0 Å². The van der Waals surface area contributed by atoms with Crippen LogP contribution in [0.5, 0.6) is 0 Å². The van der Waals surface area contributed by atoms with Gasteiger partial charge < -0.3 is 4.57 Å². The minimum Gasteiger partial charge on any atom is -0.303 e. The van der Waals surface area contributed by atoms with E-state index in [4.69, 9.17) is 0 Å². The van der Waals surface area contributed by atoms with Gasteiger partial charge in [-0.15, -0.1) is 23.1 Å². The van der Waals surface area contributed by atoms with Gasteiger partial charge in [-0.05, 0) is 44.0 Å². The molecule has 5 rings (SSSR count). The van der Waals surface area contributed by atoms with E-state index in [1.165, 1.54) is 20.9 Å². The Hall–Kier alpha value is -2.02. The van der Waals surface area contributed by atoms with Crippen LogP contribution >= 0.6 is 34.9 Å². The van der Waals surface area contributed by atoms with Crippen LogP contribution in [0.25, 0.3) is 10.2 Å². The first-order chi connectivity index (χ1) is 14.5. The Morgan fingerprint density at radius 1 is 1.03 bits per heavy atom.